The van der Waals surface area contributed by atoms with Crippen molar-refractivity contribution in [1.29, 1.82) is 0 Å². The molecule has 0 aliphatic rings. The Morgan fingerprint density at radius 2 is 1.75 bits per heavy atom. The molecule has 0 aromatic heterocycles. The van der Waals surface area contributed by atoms with Gasteiger partial charge < -0.3 is 5.73 Å². The Balaban J connectivity index is 2.38. The van der Waals surface area contributed by atoms with Gasteiger partial charge in [0.15, 0.2) is 0 Å². The minimum atomic E-state index is -3.65. The molecule has 2 aromatic rings. The predicted octanol–water partition coefficient (Wildman–Crippen LogP) is 3.90. The third kappa shape index (κ3) is 3.34. The van der Waals surface area contributed by atoms with E-state index in [4.69, 9.17) is 5.73 Å². The minimum Gasteiger partial charge on any atom is -0.398 e. The predicted molar refractivity (Wildman–Crippen MR) is 88.2 cm³/mol. The van der Waals surface area contributed by atoms with Crippen molar-refractivity contribution in [2.24, 2.45) is 0 Å². The Hall–Kier alpha value is -1.05. The lowest BCUT2D eigenvalue weighted by molar-refractivity contribution is 0.601. The van der Waals surface area contributed by atoms with Gasteiger partial charge >= 0.3 is 0 Å². The van der Waals surface area contributed by atoms with Crippen molar-refractivity contribution >= 4 is 53.3 Å². The zero-order valence-electron chi connectivity index (χ0n) is 10.5. The van der Waals surface area contributed by atoms with E-state index in [0.29, 0.717) is 20.3 Å². The van der Waals surface area contributed by atoms with E-state index in [1.54, 1.807) is 12.1 Å². The Morgan fingerprint density at radius 3 is 2.35 bits per heavy atom. The number of hydrogen-bond acceptors (Lipinski definition) is 3. The summed E-state index contributed by atoms with van der Waals surface area (Å²) in [5, 5.41) is 0. The molecule has 2 aromatic carbocycles. The molecule has 0 atom stereocenters. The van der Waals surface area contributed by atoms with Gasteiger partial charge in [0.2, 0.25) is 0 Å². The van der Waals surface area contributed by atoms with Crippen molar-refractivity contribution in [2.45, 2.75) is 11.8 Å². The summed E-state index contributed by atoms with van der Waals surface area (Å²) in [7, 11) is -3.65. The maximum Gasteiger partial charge on any atom is 0.261 e. The van der Waals surface area contributed by atoms with Crippen molar-refractivity contribution in [2.75, 3.05) is 10.5 Å². The molecule has 0 fully saturated rings. The molecule has 0 saturated carbocycles. The van der Waals surface area contributed by atoms with Crippen LogP contribution in [0.1, 0.15) is 5.56 Å². The van der Waals surface area contributed by atoms with Gasteiger partial charge in [-0.25, -0.2) is 8.42 Å². The number of nitrogens with one attached hydrogen (secondary N) is 1. The number of anilines is 2. The number of sulfonamides is 1. The van der Waals surface area contributed by atoms with E-state index in [9.17, 15) is 8.42 Å². The lowest BCUT2D eigenvalue weighted by atomic mass is 10.2. The van der Waals surface area contributed by atoms with E-state index in [0.717, 1.165) is 5.56 Å². The first kappa shape index (κ1) is 15.3. The molecule has 0 aliphatic heterocycles. The van der Waals surface area contributed by atoms with Crippen LogP contribution in [0.4, 0.5) is 11.4 Å². The normalized spacial score (nSPS) is 11.3. The highest BCUT2D eigenvalue weighted by Gasteiger charge is 2.16. The van der Waals surface area contributed by atoms with Gasteiger partial charge in [0, 0.05) is 14.6 Å². The van der Waals surface area contributed by atoms with Gasteiger partial charge in [0.1, 0.15) is 0 Å². The molecular weight excluding hydrogens is 408 g/mol. The molecule has 0 unspecified atom stereocenters. The Morgan fingerprint density at radius 1 is 1.05 bits per heavy atom. The number of hydrogen-bond donors (Lipinski definition) is 2. The third-order valence-corrected chi connectivity index (χ3v) is 5.36. The zero-order chi connectivity index (χ0) is 14.9. The largest absolute Gasteiger partial charge is 0.398 e. The van der Waals surface area contributed by atoms with Crippen molar-refractivity contribution < 1.29 is 8.42 Å². The maximum absolute atomic E-state index is 12.3. The fraction of sp³-hybridized carbons (Fsp3) is 0.0769. The van der Waals surface area contributed by atoms with Gasteiger partial charge in [0.25, 0.3) is 10.0 Å². The van der Waals surface area contributed by atoms with Crippen LogP contribution in [-0.2, 0) is 10.0 Å². The molecule has 0 saturated heterocycles. The van der Waals surface area contributed by atoms with E-state index in [-0.39, 0.29) is 4.90 Å². The molecule has 0 heterocycles. The molecule has 106 valence electrons. The Labute approximate surface area is 134 Å². The van der Waals surface area contributed by atoms with E-state index in [1.807, 2.05) is 19.1 Å². The van der Waals surface area contributed by atoms with Crippen LogP contribution in [0.3, 0.4) is 0 Å². The summed E-state index contributed by atoms with van der Waals surface area (Å²) in [5.74, 6) is 0. The first-order valence-electron chi connectivity index (χ1n) is 5.63. The lowest BCUT2D eigenvalue weighted by Gasteiger charge is -2.11. The van der Waals surface area contributed by atoms with Crippen LogP contribution >= 0.6 is 31.9 Å². The number of nitrogen functional groups attached to an aromatic ring is 1. The van der Waals surface area contributed by atoms with Crippen molar-refractivity contribution in [3.8, 4) is 0 Å². The SMILES string of the molecule is Cc1ccc(NS(=O)(=O)c2ccc(N)c(Br)c2)c(Br)c1. The van der Waals surface area contributed by atoms with E-state index >= 15 is 0 Å². The fourth-order valence-corrected chi connectivity index (χ4v) is 3.94. The second kappa shape index (κ2) is 5.75. The standard InChI is InChI=1S/C13H12Br2N2O2S/c1-8-2-5-13(11(15)6-8)17-20(18,19)9-3-4-12(16)10(14)7-9/h2-7,17H,16H2,1H3. The van der Waals surface area contributed by atoms with Crippen molar-refractivity contribution in [1.82, 2.24) is 0 Å². The number of nitrogens with two attached hydrogens (primary N) is 1. The van der Waals surface area contributed by atoms with Crippen LogP contribution in [0, 0.1) is 6.92 Å². The maximum atomic E-state index is 12.3. The number of benzene rings is 2. The van der Waals surface area contributed by atoms with E-state index in [1.165, 1.54) is 12.1 Å². The fourth-order valence-electron chi connectivity index (χ4n) is 1.58. The molecule has 0 bridgehead atoms. The van der Waals surface area contributed by atoms with Crippen molar-refractivity contribution in [3.63, 3.8) is 0 Å². The number of halogens is 2. The number of rotatable bonds is 3. The highest BCUT2D eigenvalue weighted by Crippen LogP contribution is 2.28. The molecule has 7 heteroatoms. The summed E-state index contributed by atoms with van der Waals surface area (Å²) in [6.07, 6.45) is 0. The molecule has 0 amide bonds. The topological polar surface area (TPSA) is 72.2 Å². The number of aryl methyl sites for hydroxylation is 1. The van der Waals surface area contributed by atoms with E-state index in [2.05, 4.69) is 36.6 Å². The average Bonchev–Trinajstić information content (AvgIpc) is 2.36. The van der Waals surface area contributed by atoms with Crippen LogP contribution < -0.4 is 10.5 Å². The third-order valence-electron chi connectivity index (χ3n) is 2.65. The molecule has 20 heavy (non-hydrogen) atoms. The second-order valence-electron chi connectivity index (χ2n) is 4.27. The van der Waals surface area contributed by atoms with Gasteiger partial charge in [-0.15, -0.1) is 0 Å². The van der Waals surface area contributed by atoms with Gasteiger partial charge in [-0.3, -0.25) is 4.72 Å². The smallest absolute Gasteiger partial charge is 0.261 e. The first-order chi connectivity index (χ1) is 9.29. The summed E-state index contributed by atoms with van der Waals surface area (Å²) in [6, 6.07) is 9.87. The zero-order valence-corrected chi connectivity index (χ0v) is 14.5. The van der Waals surface area contributed by atoms with Crippen LogP contribution in [0.5, 0.6) is 0 Å². The molecule has 0 radical (unpaired) electrons. The molecular formula is C13H12Br2N2O2S. The summed E-state index contributed by atoms with van der Waals surface area (Å²) in [5.41, 5.74) is 7.67. The summed E-state index contributed by atoms with van der Waals surface area (Å²) >= 11 is 6.56. The minimum absolute atomic E-state index is 0.144. The molecule has 2 rings (SSSR count). The van der Waals surface area contributed by atoms with Crippen molar-refractivity contribution in [3.05, 3.63) is 50.9 Å². The highest BCUT2D eigenvalue weighted by molar-refractivity contribution is 9.11. The van der Waals surface area contributed by atoms with E-state index < -0.39 is 10.0 Å². The van der Waals surface area contributed by atoms with Gasteiger partial charge in [0.05, 0.1) is 10.6 Å². The monoisotopic (exact) mass is 418 g/mol. The summed E-state index contributed by atoms with van der Waals surface area (Å²) in [4.78, 5) is 0.144. The second-order valence-corrected chi connectivity index (χ2v) is 7.66. The van der Waals surface area contributed by atoms with Gasteiger partial charge in [-0.05, 0) is 74.7 Å². The molecule has 4 nitrogen and oxygen atoms in total. The Kier molecular flexibility index (Phi) is 4.41. The van der Waals surface area contributed by atoms with Crippen LogP contribution in [-0.4, -0.2) is 8.42 Å². The molecule has 3 N–H and O–H groups in total. The lowest BCUT2D eigenvalue weighted by Crippen LogP contribution is -2.13. The highest BCUT2D eigenvalue weighted by atomic mass is 79.9. The average molecular weight is 420 g/mol. The van der Waals surface area contributed by atoms with Gasteiger partial charge in [-0.2, -0.15) is 0 Å². The Bertz CT molecular complexity index is 761. The molecule has 0 spiro atoms. The molecule has 0 aliphatic carbocycles. The van der Waals surface area contributed by atoms with Crippen LogP contribution in [0.15, 0.2) is 50.2 Å². The van der Waals surface area contributed by atoms with Crippen LogP contribution in [0.2, 0.25) is 0 Å². The quantitative estimate of drug-likeness (QED) is 0.741. The first-order valence-corrected chi connectivity index (χ1v) is 8.70. The van der Waals surface area contributed by atoms with Gasteiger partial charge in [-0.1, -0.05) is 6.07 Å². The summed E-state index contributed by atoms with van der Waals surface area (Å²) < 4.78 is 28.4. The van der Waals surface area contributed by atoms with Crippen LogP contribution in [0.25, 0.3) is 0 Å². The summed E-state index contributed by atoms with van der Waals surface area (Å²) in [6.45, 7) is 1.93.